The zero-order valence-electron chi connectivity index (χ0n) is 63.2. The third kappa shape index (κ3) is 29.0. The fourth-order valence-electron chi connectivity index (χ4n) is 14.5. The normalized spacial score (nSPS) is 34.9. The van der Waals surface area contributed by atoms with E-state index in [-0.39, 0.29) is 6.61 Å². The average Bonchev–Trinajstić information content (AvgIpc) is 0.747. The van der Waals surface area contributed by atoms with E-state index in [1.807, 2.05) is 6.08 Å². The van der Waals surface area contributed by atoms with Gasteiger partial charge in [-0.2, -0.15) is 0 Å². The Morgan fingerprint density at radius 1 is 0.472 bits per heavy atom. The summed E-state index contributed by atoms with van der Waals surface area (Å²) in [5.74, 6) is -5.71. The maximum Gasteiger partial charge on any atom is 0.232 e. The number of ketones is 1. The van der Waals surface area contributed by atoms with Crippen LogP contribution >= 0.6 is 0 Å². The van der Waals surface area contributed by atoms with Crippen molar-refractivity contribution in [3.8, 4) is 0 Å². The van der Waals surface area contributed by atoms with Crippen molar-refractivity contribution in [3.05, 3.63) is 12.2 Å². The number of hydrogen-bond donors (Lipinski definition) is 19. The molecule has 5 heterocycles. The van der Waals surface area contributed by atoms with E-state index in [2.05, 4.69) is 29.8 Å². The molecule has 5 aliphatic heterocycles. The molecule has 2 amide bonds. The number of amides is 2. The minimum absolute atomic E-state index is 0.271. The summed E-state index contributed by atoms with van der Waals surface area (Å²) in [5, 5.41) is 187. The van der Waals surface area contributed by atoms with E-state index in [9.17, 15) is 96.1 Å². The molecule has 5 saturated heterocycles. The van der Waals surface area contributed by atoms with Gasteiger partial charge in [0, 0.05) is 27.2 Å². The zero-order valence-corrected chi connectivity index (χ0v) is 63.2. The number of rotatable bonds is 53. The summed E-state index contributed by atoms with van der Waals surface area (Å²) in [6.07, 6.45) is -11.0. The first-order valence-corrected chi connectivity index (χ1v) is 39.4. The summed E-state index contributed by atoms with van der Waals surface area (Å²) in [7, 11) is 0. The molecule has 32 nitrogen and oxygen atoms in total. The van der Waals surface area contributed by atoms with Crippen molar-refractivity contribution in [2.45, 2.75) is 392 Å². The maximum atomic E-state index is 14.3. The summed E-state index contributed by atoms with van der Waals surface area (Å²) < 4.78 is 61.2. The number of aliphatic hydroxyl groups excluding tert-OH is 16. The van der Waals surface area contributed by atoms with Gasteiger partial charge in [0.15, 0.2) is 30.9 Å². The minimum Gasteiger partial charge on any atom is -0.394 e. The molecule has 9 unspecified atom stereocenters. The number of ether oxygens (including phenoxy) is 10. The SMILES string of the molecule is CCCCCCCCCCCCC/C=C/[C@H](O)[C@@H](CO[C@@H]1OC(CO)[C@@H](O[C@@H]2OC(CO)[C@H](O[C@@H]3OC(CO)[C@H](O)C(O[C@@H]4OC(CO)[C@H](O)C(O)[C@@H]4O)[C@@H]3NC(C)=O)C(O[C@]3(C(C)=O)C[C@@H](O)[C@@H](NC(C)=O)C([C@H](O)[C@H](O)CO)O3)[C@@H]2O)C(O)[C@@H]1O)NCCCCCCCCCCCCCCCCCC. The van der Waals surface area contributed by atoms with Crippen LogP contribution in [0.15, 0.2) is 12.2 Å². The van der Waals surface area contributed by atoms with Gasteiger partial charge in [0.05, 0.1) is 63.9 Å². The van der Waals surface area contributed by atoms with Gasteiger partial charge in [0.1, 0.15) is 116 Å². The molecule has 5 fully saturated rings. The molecule has 32 heteroatoms. The number of carbonyl (C=O) groups is 3. The van der Waals surface area contributed by atoms with Crippen molar-refractivity contribution in [2.24, 2.45) is 0 Å². The van der Waals surface area contributed by atoms with Gasteiger partial charge in [-0.25, -0.2) is 0 Å². The minimum atomic E-state index is -2.91. The topological polar surface area (TPSA) is 503 Å². The Hall–Kier alpha value is -2.73. The molecule has 0 aromatic carbocycles. The van der Waals surface area contributed by atoms with Crippen LogP contribution in [-0.4, -0.2) is 317 Å². The molecule has 620 valence electrons. The Labute approximate surface area is 625 Å². The Kier molecular flexibility index (Phi) is 44.6. The molecular formula is C74H135N3O29. The highest BCUT2D eigenvalue weighted by atomic mass is 16.8. The Morgan fingerprint density at radius 2 is 0.906 bits per heavy atom. The van der Waals surface area contributed by atoms with Crippen LogP contribution in [0.25, 0.3) is 0 Å². The number of carbonyl (C=O) groups excluding carboxylic acids is 3. The predicted molar refractivity (Wildman–Crippen MR) is 381 cm³/mol. The molecule has 0 spiro atoms. The Bertz CT molecular complexity index is 2410. The Balaban J connectivity index is 1.38. The Morgan fingerprint density at radius 3 is 1.42 bits per heavy atom. The van der Waals surface area contributed by atoms with Crippen LogP contribution in [-0.2, 0) is 61.8 Å². The van der Waals surface area contributed by atoms with E-state index >= 15 is 0 Å². The van der Waals surface area contributed by atoms with Gasteiger partial charge in [0.2, 0.25) is 17.6 Å². The van der Waals surface area contributed by atoms with Crippen LogP contribution in [0.5, 0.6) is 0 Å². The highest BCUT2D eigenvalue weighted by Gasteiger charge is 2.61. The largest absolute Gasteiger partial charge is 0.394 e. The number of Topliss-reactive ketones (excluding diaryl/α,β-unsaturated/α-hetero) is 1. The van der Waals surface area contributed by atoms with Crippen molar-refractivity contribution in [3.63, 3.8) is 0 Å². The lowest BCUT2D eigenvalue weighted by atomic mass is 9.86. The van der Waals surface area contributed by atoms with Crippen LogP contribution in [0.3, 0.4) is 0 Å². The van der Waals surface area contributed by atoms with Gasteiger partial charge in [-0.3, -0.25) is 14.4 Å². The van der Waals surface area contributed by atoms with Crippen molar-refractivity contribution < 1.29 is 143 Å². The van der Waals surface area contributed by atoms with Crippen LogP contribution < -0.4 is 16.0 Å². The molecular weight excluding hydrogens is 1390 g/mol. The van der Waals surface area contributed by atoms with E-state index in [0.29, 0.717) is 6.54 Å². The molecule has 0 aliphatic carbocycles. The fourth-order valence-corrected chi connectivity index (χ4v) is 14.5. The molecule has 5 aliphatic rings. The van der Waals surface area contributed by atoms with Gasteiger partial charge in [-0.15, -0.1) is 0 Å². The van der Waals surface area contributed by atoms with Crippen molar-refractivity contribution >= 4 is 17.6 Å². The summed E-state index contributed by atoms with van der Waals surface area (Å²) >= 11 is 0. The van der Waals surface area contributed by atoms with E-state index < -0.39 is 228 Å². The van der Waals surface area contributed by atoms with Gasteiger partial charge in [0.25, 0.3) is 0 Å². The predicted octanol–water partition coefficient (Wildman–Crippen LogP) is -0.0646. The third-order valence-electron chi connectivity index (χ3n) is 20.9. The number of unbranched alkanes of at least 4 members (excludes halogenated alkanes) is 26. The lowest BCUT2D eigenvalue weighted by Gasteiger charge is -2.53. The summed E-state index contributed by atoms with van der Waals surface area (Å²) in [4.78, 5) is 39.9. The fraction of sp³-hybridized carbons (Fsp3) is 0.932. The lowest BCUT2D eigenvalue weighted by molar-refractivity contribution is -0.401. The zero-order chi connectivity index (χ0) is 77.9. The number of hydrogen-bond acceptors (Lipinski definition) is 30. The first kappa shape index (κ1) is 93.9. The number of allylic oxidation sites excluding steroid dienone is 1. The molecule has 28 atom stereocenters. The monoisotopic (exact) mass is 1530 g/mol. The van der Waals surface area contributed by atoms with Gasteiger partial charge < -0.3 is 145 Å². The summed E-state index contributed by atoms with van der Waals surface area (Å²) in [5.41, 5.74) is 0. The molecule has 0 aromatic heterocycles. The summed E-state index contributed by atoms with van der Waals surface area (Å²) in [6, 6.07) is -4.22. The molecule has 0 bridgehead atoms. The first-order chi connectivity index (χ1) is 50.9. The molecule has 106 heavy (non-hydrogen) atoms. The number of aliphatic hydroxyl groups is 16. The van der Waals surface area contributed by atoms with Crippen LogP contribution in [0, 0.1) is 0 Å². The van der Waals surface area contributed by atoms with Crippen molar-refractivity contribution in [1.29, 1.82) is 0 Å². The maximum absolute atomic E-state index is 14.3. The van der Waals surface area contributed by atoms with Crippen LogP contribution in [0.2, 0.25) is 0 Å². The van der Waals surface area contributed by atoms with E-state index in [0.717, 1.165) is 72.1 Å². The highest BCUT2D eigenvalue weighted by molar-refractivity contribution is 5.84. The van der Waals surface area contributed by atoms with Gasteiger partial charge >= 0.3 is 0 Å². The second kappa shape index (κ2) is 50.4. The quantitative estimate of drug-likeness (QED) is 0.0280. The smallest absolute Gasteiger partial charge is 0.232 e. The van der Waals surface area contributed by atoms with Gasteiger partial charge in [-0.1, -0.05) is 187 Å². The van der Waals surface area contributed by atoms with Crippen molar-refractivity contribution in [2.75, 3.05) is 46.2 Å². The van der Waals surface area contributed by atoms with Gasteiger partial charge in [-0.05, 0) is 25.8 Å². The molecule has 0 saturated carbocycles. The standard InChI is InChI=1S/C74H135N3O29/c1-6-8-10-12-14-16-18-20-21-22-24-26-28-30-32-34-36-75-47(48(86)35-33-31-29-27-25-23-19-17-15-13-11-9-7-2)43-97-71-63(95)61(93)65(53(41-81)100-71)102-73-64(96)69(106-74(44(3)83)37-49(87)55(76-45(4)84)68(105-74)57(89)50(88)38-78)66(54(42-82)101-73)103-70-56(77-46(5)85)67(59(91)52(40-80)98-70)104-72-62(94)60(92)58(90)51(39-79)99-72/h33,35,47-73,75,78-82,86-96H,6-32,34,36-43H2,1-5H3,(H,76,84)(H,77,85)/b35-33+/t47-,48+,49-,50-,51?,52?,53?,54?,55-,56+,57-,58+,59+,60?,61?,62+,63+,64+,65-,66+,67?,68?,69?,70+,71-,72+,73+,74+/m1/s1. The average molecular weight is 1530 g/mol. The summed E-state index contributed by atoms with van der Waals surface area (Å²) in [6.45, 7) is 2.44. The molecule has 19 N–H and O–H groups in total. The number of nitrogens with one attached hydrogen (secondary N) is 3. The van der Waals surface area contributed by atoms with E-state index in [1.54, 1.807) is 6.08 Å². The lowest BCUT2D eigenvalue weighted by Crippen LogP contribution is -2.72. The first-order valence-electron chi connectivity index (χ1n) is 39.4. The molecule has 0 radical (unpaired) electrons. The van der Waals surface area contributed by atoms with Crippen molar-refractivity contribution in [1.82, 2.24) is 16.0 Å². The molecule has 0 aromatic rings. The third-order valence-corrected chi connectivity index (χ3v) is 20.9. The second-order valence-corrected chi connectivity index (χ2v) is 29.5. The highest BCUT2D eigenvalue weighted by Crippen LogP contribution is 2.41. The van der Waals surface area contributed by atoms with E-state index in [4.69, 9.17) is 47.4 Å². The van der Waals surface area contributed by atoms with Crippen LogP contribution in [0.4, 0.5) is 0 Å². The van der Waals surface area contributed by atoms with Crippen LogP contribution in [0.1, 0.15) is 221 Å². The second-order valence-electron chi connectivity index (χ2n) is 29.5. The van der Waals surface area contributed by atoms with E-state index in [1.165, 1.54) is 128 Å². The molecule has 5 rings (SSSR count).